The molecule has 1 atom stereocenters. The van der Waals surface area contributed by atoms with E-state index in [1.54, 1.807) is 42.5 Å². The first-order valence-corrected chi connectivity index (χ1v) is 8.64. The van der Waals surface area contributed by atoms with Crippen LogP contribution in [0.5, 0.6) is 5.75 Å². The Kier molecular flexibility index (Phi) is 6.77. The average Bonchev–Trinajstić information content (AvgIpc) is 2.90. The molecule has 3 rings (SSSR count). The molecule has 3 amide bonds. The Balaban J connectivity index is 0.00000280. The molecule has 1 heterocycles. The molecule has 28 heavy (non-hydrogen) atoms. The Bertz CT molecular complexity index is 899. The highest BCUT2D eigenvalue weighted by molar-refractivity contribution is 6.23. The van der Waals surface area contributed by atoms with E-state index in [4.69, 9.17) is 10.5 Å². The summed E-state index contributed by atoms with van der Waals surface area (Å²) in [6.45, 7) is 4.19. The number of amides is 3. The molecule has 7 nitrogen and oxygen atoms in total. The number of rotatable bonds is 6. The number of nitrogens with one attached hydrogen (secondary N) is 1. The third kappa shape index (κ3) is 4.16. The summed E-state index contributed by atoms with van der Waals surface area (Å²) in [5, 5.41) is 2.72. The lowest BCUT2D eigenvalue weighted by Gasteiger charge is -2.21. The number of anilines is 1. The van der Waals surface area contributed by atoms with Crippen LogP contribution in [0.4, 0.5) is 5.69 Å². The van der Waals surface area contributed by atoms with Crippen LogP contribution in [-0.2, 0) is 4.79 Å². The molecule has 1 aliphatic heterocycles. The van der Waals surface area contributed by atoms with Gasteiger partial charge in [0, 0.05) is 12.2 Å². The number of nitrogens with two attached hydrogens (primary N) is 1. The van der Waals surface area contributed by atoms with Crippen molar-refractivity contribution in [1.29, 1.82) is 0 Å². The van der Waals surface area contributed by atoms with Gasteiger partial charge >= 0.3 is 0 Å². The summed E-state index contributed by atoms with van der Waals surface area (Å²) in [7, 11) is 0. The number of nitrogens with zero attached hydrogens (tertiary/aromatic N) is 1. The van der Waals surface area contributed by atoms with Crippen molar-refractivity contribution in [1.82, 2.24) is 4.90 Å². The second-order valence-corrected chi connectivity index (χ2v) is 6.36. The lowest BCUT2D eigenvalue weighted by Crippen LogP contribution is -2.45. The van der Waals surface area contributed by atoms with E-state index in [-0.39, 0.29) is 12.4 Å². The zero-order valence-electron chi connectivity index (χ0n) is 15.6. The van der Waals surface area contributed by atoms with Crippen molar-refractivity contribution in [3.63, 3.8) is 0 Å². The zero-order valence-corrected chi connectivity index (χ0v) is 16.4. The van der Waals surface area contributed by atoms with Gasteiger partial charge in [-0.15, -0.1) is 12.4 Å². The molecule has 0 aromatic heterocycles. The normalized spacial score (nSPS) is 13.6. The molecule has 0 aliphatic carbocycles. The number of imide groups is 1. The standard InChI is InChI=1S/C20H21N3O4.ClH/c1-12-3-8-16-17(11-12)20(26)23(19(16)25)13(2)18(24)22-14-4-6-15(7-5-14)27-10-9-21;/h3-8,11,13H,9-10,21H2,1-2H3,(H,22,24);1H. The van der Waals surface area contributed by atoms with Gasteiger partial charge in [-0.1, -0.05) is 11.6 Å². The summed E-state index contributed by atoms with van der Waals surface area (Å²) in [6, 6.07) is 10.9. The highest BCUT2D eigenvalue weighted by Crippen LogP contribution is 2.26. The molecule has 8 heteroatoms. The van der Waals surface area contributed by atoms with E-state index >= 15 is 0 Å². The molecular formula is C20H22ClN3O4. The minimum atomic E-state index is -0.939. The predicted molar refractivity (Wildman–Crippen MR) is 108 cm³/mol. The third-order valence-electron chi connectivity index (χ3n) is 4.35. The van der Waals surface area contributed by atoms with Gasteiger partial charge in [0.2, 0.25) is 5.91 Å². The van der Waals surface area contributed by atoms with Crippen molar-refractivity contribution < 1.29 is 19.1 Å². The fourth-order valence-electron chi connectivity index (χ4n) is 2.90. The van der Waals surface area contributed by atoms with Gasteiger partial charge in [-0.3, -0.25) is 19.3 Å². The van der Waals surface area contributed by atoms with E-state index in [0.717, 1.165) is 10.5 Å². The minimum Gasteiger partial charge on any atom is -0.492 e. The minimum absolute atomic E-state index is 0. The number of halogens is 1. The number of ether oxygens (including phenoxy) is 1. The van der Waals surface area contributed by atoms with E-state index in [9.17, 15) is 14.4 Å². The summed E-state index contributed by atoms with van der Waals surface area (Å²) in [4.78, 5) is 38.7. The van der Waals surface area contributed by atoms with E-state index in [2.05, 4.69) is 5.32 Å². The second-order valence-electron chi connectivity index (χ2n) is 6.36. The maximum atomic E-state index is 12.6. The summed E-state index contributed by atoms with van der Waals surface area (Å²) in [5.41, 5.74) is 7.47. The molecule has 3 N–H and O–H groups in total. The number of carbonyl (C=O) groups is 3. The summed E-state index contributed by atoms with van der Waals surface area (Å²) in [5.74, 6) is -0.714. The number of aryl methyl sites for hydroxylation is 1. The molecule has 148 valence electrons. The van der Waals surface area contributed by atoms with E-state index in [1.165, 1.54) is 6.92 Å². The smallest absolute Gasteiger partial charge is 0.262 e. The monoisotopic (exact) mass is 403 g/mol. The Morgan fingerprint density at radius 2 is 1.75 bits per heavy atom. The third-order valence-corrected chi connectivity index (χ3v) is 4.35. The van der Waals surface area contributed by atoms with Crippen molar-refractivity contribution >= 4 is 35.8 Å². The SMILES string of the molecule is Cc1ccc2c(c1)C(=O)N(C(C)C(=O)Nc1ccc(OCCN)cc1)C2=O.Cl. The molecule has 0 spiro atoms. The molecule has 0 radical (unpaired) electrons. The average molecular weight is 404 g/mol. The van der Waals surface area contributed by atoms with Gasteiger partial charge in [-0.05, 0) is 50.2 Å². The van der Waals surface area contributed by atoms with Crippen molar-refractivity contribution in [2.75, 3.05) is 18.5 Å². The van der Waals surface area contributed by atoms with Gasteiger partial charge in [0.1, 0.15) is 18.4 Å². The van der Waals surface area contributed by atoms with Crippen molar-refractivity contribution in [3.8, 4) is 5.75 Å². The molecule has 1 aliphatic rings. The van der Waals surface area contributed by atoms with Crippen molar-refractivity contribution in [2.24, 2.45) is 5.73 Å². The van der Waals surface area contributed by atoms with Gasteiger partial charge in [-0.2, -0.15) is 0 Å². The highest BCUT2D eigenvalue weighted by atomic mass is 35.5. The Morgan fingerprint density at radius 3 is 2.39 bits per heavy atom. The number of benzene rings is 2. The van der Waals surface area contributed by atoms with E-state index in [1.807, 2.05) is 6.92 Å². The Hall–Kier alpha value is -2.90. The lowest BCUT2D eigenvalue weighted by atomic mass is 10.1. The molecule has 0 saturated carbocycles. The van der Waals surface area contributed by atoms with E-state index < -0.39 is 23.8 Å². The van der Waals surface area contributed by atoms with E-state index in [0.29, 0.717) is 35.7 Å². The maximum Gasteiger partial charge on any atom is 0.262 e. The highest BCUT2D eigenvalue weighted by Gasteiger charge is 2.40. The fraction of sp³-hybridized carbons (Fsp3) is 0.250. The molecular weight excluding hydrogens is 382 g/mol. The number of hydrogen-bond acceptors (Lipinski definition) is 5. The molecule has 0 saturated heterocycles. The largest absolute Gasteiger partial charge is 0.492 e. The van der Waals surface area contributed by atoms with Gasteiger partial charge in [0.05, 0.1) is 11.1 Å². The van der Waals surface area contributed by atoms with Gasteiger partial charge in [0.15, 0.2) is 0 Å². The Labute approximate surface area is 169 Å². The molecule has 1 unspecified atom stereocenters. The zero-order chi connectivity index (χ0) is 19.6. The first-order valence-electron chi connectivity index (χ1n) is 8.64. The molecule has 2 aromatic rings. The van der Waals surface area contributed by atoms with Crippen LogP contribution in [0, 0.1) is 6.92 Å². The number of hydrogen-bond donors (Lipinski definition) is 2. The quantitative estimate of drug-likeness (QED) is 0.721. The van der Waals surface area contributed by atoms with Crippen LogP contribution in [0.2, 0.25) is 0 Å². The first kappa shape index (κ1) is 21.4. The van der Waals surface area contributed by atoms with Gasteiger partial charge in [-0.25, -0.2) is 0 Å². The van der Waals surface area contributed by atoms with Crippen LogP contribution in [0.25, 0.3) is 0 Å². The van der Waals surface area contributed by atoms with Crippen LogP contribution < -0.4 is 15.8 Å². The van der Waals surface area contributed by atoms with Crippen LogP contribution in [0.1, 0.15) is 33.2 Å². The maximum absolute atomic E-state index is 12.6. The topological polar surface area (TPSA) is 102 Å². The van der Waals surface area contributed by atoms with Crippen molar-refractivity contribution in [2.45, 2.75) is 19.9 Å². The summed E-state index contributed by atoms with van der Waals surface area (Å²) < 4.78 is 5.38. The van der Waals surface area contributed by atoms with Crippen molar-refractivity contribution in [3.05, 3.63) is 59.2 Å². The van der Waals surface area contributed by atoms with Crippen LogP contribution in [-0.4, -0.2) is 41.8 Å². The van der Waals surface area contributed by atoms with Gasteiger partial charge in [0.25, 0.3) is 11.8 Å². The first-order chi connectivity index (χ1) is 12.9. The second kappa shape index (κ2) is 8.86. The summed E-state index contributed by atoms with van der Waals surface area (Å²) >= 11 is 0. The molecule has 2 aromatic carbocycles. The van der Waals surface area contributed by atoms with Crippen LogP contribution >= 0.6 is 12.4 Å². The molecule has 0 bridgehead atoms. The Morgan fingerprint density at radius 1 is 1.11 bits per heavy atom. The van der Waals surface area contributed by atoms with Gasteiger partial charge < -0.3 is 15.8 Å². The molecule has 0 fully saturated rings. The summed E-state index contributed by atoms with van der Waals surface area (Å²) in [6.07, 6.45) is 0. The van der Waals surface area contributed by atoms with Crippen LogP contribution in [0.3, 0.4) is 0 Å². The number of carbonyl (C=O) groups excluding carboxylic acids is 3. The predicted octanol–water partition coefficient (Wildman–Crippen LogP) is 2.38. The number of fused-ring (bicyclic) bond motifs is 1. The van der Waals surface area contributed by atoms with Crippen LogP contribution in [0.15, 0.2) is 42.5 Å². The fourth-order valence-corrected chi connectivity index (χ4v) is 2.90. The lowest BCUT2D eigenvalue weighted by molar-refractivity contribution is -0.119.